The lowest BCUT2D eigenvalue weighted by Crippen LogP contribution is -2.44. The van der Waals surface area contributed by atoms with Gasteiger partial charge in [-0.3, -0.25) is 0 Å². The highest BCUT2D eigenvalue weighted by Gasteiger charge is 2.11. The maximum atomic E-state index is 5.94. The molecule has 0 aromatic heterocycles. The zero-order valence-corrected chi connectivity index (χ0v) is 9.52. The molecule has 1 aromatic rings. The molecule has 16 heavy (non-hydrogen) atoms. The number of morpholine rings is 1. The fourth-order valence-electron chi connectivity index (χ4n) is 1.61. The lowest BCUT2D eigenvalue weighted by atomic mass is 10.2. The molecule has 1 saturated heterocycles. The number of aryl methyl sites for hydroxylation is 1. The molecule has 1 heterocycles. The molecule has 0 atom stereocenters. The van der Waals surface area contributed by atoms with Gasteiger partial charge in [-0.05, 0) is 19.1 Å². The molecule has 0 bridgehead atoms. The van der Waals surface area contributed by atoms with Gasteiger partial charge in [-0.25, -0.2) is 4.99 Å². The van der Waals surface area contributed by atoms with Gasteiger partial charge in [0.25, 0.3) is 0 Å². The van der Waals surface area contributed by atoms with Crippen molar-refractivity contribution in [2.45, 2.75) is 6.92 Å². The number of hydrogen-bond acceptors (Lipinski definition) is 2. The average Bonchev–Trinajstić information content (AvgIpc) is 2.33. The van der Waals surface area contributed by atoms with E-state index in [1.165, 1.54) is 5.56 Å². The Morgan fingerprint density at radius 2 is 1.88 bits per heavy atom. The van der Waals surface area contributed by atoms with Gasteiger partial charge in [0.2, 0.25) is 0 Å². The summed E-state index contributed by atoms with van der Waals surface area (Å²) in [6.45, 7) is 5.15. The quantitative estimate of drug-likeness (QED) is 0.571. The minimum absolute atomic E-state index is 0.576. The average molecular weight is 219 g/mol. The first-order valence-electron chi connectivity index (χ1n) is 5.49. The van der Waals surface area contributed by atoms with E-state index in [9.17, 15) is 0 Å². The van der Waals surface area contributed by atoms with Gasteiger partial charge in [0.1, 0.15) is 0 Å². The Morgan fingerprint density at radius 1 is 1.25 bits per heavy atom. The highest BCUT2D eigenvalue weighted by Crippen LogP contribution is 2.13. The number of rotatable bonds is 1. The fourth-order valence-corrected chi connectivity index (χ4v) is 1.61. The van der Waals surface area contributed by atoms with Gasteiger partial charge in [0.05, 0.1) is 18.9 Å². The summed E-state index contributed by atoms with van der Waals surface area (Å²) in [5, 5.41) is 0. The molecule has 0 spiro atoms. The van der Waals surface area contributed by atoms with E-state index in [4.69, 9.17) is 10.5 Å². The summed E-state index contributed by atoms with van der Waals surface area (Å²) >= 11 is 0. The summed E-state index contributed by atoms with van der Waals surface area (Å²) in [7, 11) is 0. The van der Waals surface area contributed by atoms with E-state index in [1.807, 2.05) is 29.2 Å². The van der Waals surface area contributed by atoms with Crippen LogP contribution in [0.2, 0.25) is 0 Å². The zero-order valence-electron chi connectivity index (χ0n) is 9.52. The molecule has 4 heteroatoms. The molecule has 1 aliphatic heterocycles. The fraction of sp³-hybridized carbons (Fsp3) is 0.417. The van der Waals surface area contributed by atoms with Crippen molar-refractivity contribution in [2.24, 2.45) is 10.7 Å². The van der Waals surface area contributed by atoms with E-state index in [1.54, 1.807) is 0 Å². The van der Waals surface area contributed by atoms with E-state index in [0.29, 0.717) is 5.96 Å². The third-order valence-corrected chi connectivity index (χ3v) is 2.61. The predicted octanol–water partition coefficient (Wildman–Crippen LogP) is 1.27. The number of guanidine groups is 1. The summed E-state index contributed by atoms with van der Waals surface area (Å²) < 4.78 is 5.26. The SMILES string of the molecule is Cc1ccc(N=C(N)N2CCOCC2)cc1. The second-order valence-electron chi connectivity index (χ2n) is 3.90. The third-order valence-electron chi connectivity index (χ3n) is 2.61. The number of nitrogens with two attached hydrogens (primary N) is 1. The van der Waals surface area contributed by atoms with Crippen molar-refractivity contribution in [3.05, 3.63) is 29.8 Å². The van der Waals surface area contributed by atoms with E-state index < -0.39 is 0 Å². The molecule has 0 radical (unpaired) electrons. The number of aliphatic imine (C=N–C) groups is 1. The van der Waals surface area contributed by atoms with E-state index in [0.717, 1.165) is 32.0 Å². The molecular weight excluding hydrogens is 202 g/mol. The number of nitrogens with zero attached hydrogens (tertiary/aromatic N) is 2. The van der Waals surface area contributed by atoms with Crippen LogP contribution < -0.4 is 5.73 Å². The third kappa shape index (κ3) is 2.73. The first-order chi connectivity index (χ1) is 7.75. The summed E-state index contributed by atoms with van der Waals surface area (Å²) in [5.74, 6) is 0.576. The maximum absolute atomic E-state index is 5.94. The summed E-state index contributed by atoms with van der Waals surface area (Å²) in [4.78, 5) is 6.43. The number of benzene rings is 1. The minimum Gasteiger partial charge on any atom is -0.378 e. The Bertz CT molecular complexity index is 366. The Morgan fingerprint density at radius 3 is 2.50 bits per heavy atom. The van der Waals surface area contributed by atoms with Crippen LogP contribution in [0, 0.1) is 6.92 Å². The lowest BCUT2D eigenvalue weighted by Gasteiger charge is -2.27. The molecule has 2 N–H and O–H groups in total. The standard InChI is InChI=1S/C12H17N3O/c1-10-2-4-11(5-3-10)14-12(13)15-6-8-16-9-7-15/h2-5H,6-9H2,1H3,(H2,13,14). The van der Waals surface area contributed by atoms with Gasteiger partial charge in [0, 0.05) is 13.1 Å². The minimum atomic E-state index is 0.576. The van der Waals surface area contributed by atoms with Crippen LogP contribution in [0.1, 0.15) is 5.56 Å². The molecule has 0 amide bonds. The van der Waals surface area contributed by atoms with Gasteiger partial charge < -0.3 is 15.4 Å². The van der Waals surface area contributed by atoms with Crippen molar-refractivity contribution in [3.63, 3.8) is 0 Å². The van der Waals surface area contributed by atoms with Gasteiger partial charge in [0.15, 0.2) is 5.96 Å². The van der Waals surface area contributed by atoms with Crippen molar-refractivity contribution in [3.8, 4) is 0 Å². The summed E-state index contributed by atoms with van der Waals surface area (Å²) in [6, 6.07) is 8.02. The smallest absolute Gasteiger partial charge is 0.196 e. The molecule has 0 unspecified atom stereocenters. The van der Waals surface area contributed by atoms with Gasteiger partial charge in [-0.2, -0.15) is 0 Å². The van der Waals surface area contributed by atoms with Crippen LogP contribution in [-0.2, 0) is 4.74 Å². The van der Waals surface area contributed by atoms with Crippen LogP contribution in [0.3, 0.4) is 0 Å². The van der Waals surface area contributed by atoms with E-state index in [2.05, 4.69) is 11.9 Å². The Hall–Kier alpha value is -1.55. The molecule has 86 valence electrons. The highest BCUT2D eigenvalue weighted by atomic mass is 16.5. The van der Waals surface area contributed by atoms with Crippen molar-refractivity contribution in [1.29, 1.82) is 0 Å². The molecule has 2 rings (SSSR count). The van der Waals surface area contributed by atoms with Crippen LogP contribution in [0.5, 0.6) is 0 Å². The predicted molar refractivity (Wildman–Crippen MR) is 64.9 cm³/mol. The Kier molecular flexibility index (Phi) is 3.41. The zero-order chi connectivity index (χ0) is 11.4. The van der Waals surface area contributed by atoms with Crippen LogP contribution in [0.4, 0.5) is 5.69 Å². The second kappa shape index (κ2) is 4.99. The normalized spacial score (nSPS) is 17.6. The topological polar surface area (TPSA) is 50.8 Å². The monoisotopic (exact) mass is 219 g/mol. The van der Waals surface area contributed by atoms with Crippen molar-refractivity contribution < 1.29 is 4.74 Å². The molecule has 0 saturated carbocycles. The van der Waals surface area contributed by atoms with Gasteiger partial charge >= 0.3 is 0 Å². The van der Waals surface area contributed by atoms with Crippen LogP contribution >= 0.6 is 0 Å². The first-order valence-corrected chi connectivity index (χ1v) is 5.49. The van der Waals surface area contributed by atoms with Crippen LogP contribution in [-0.4, -0.2) is 37.2 Å². The molecule has 1 aromatic carbocycles. The number of hydrogen-bond donors (Lipinski definition) is 1. The molecule has 0 aliphatic carbocycles. The largest absolute Gasteiger partial charge is 0.378 e. The van der Waals surface area contributed by atoms with E-state index >= 15 is 0 Å². The summed E-state index contributed by atoms with van der Waals surface area (Å²) in [5.41, 5.74) is 8.06. The maximum Gasteiger partial charge on any atom is 0.196 e. The van der Waals surface area contributed by atoms with Gasteiger partial charge in [-0.1, -0.05) is 17.7 Å². The second-order valence-corrected chi connectivity index (χ2v) is 3.90. The van der Waals surface area contributed by atoms with Crippen molar-refractivity contribution in [2.75, 3.05) is 26.3 Å². The molecule has 4 nitrogen and oxygen atoms in total. The Labute approximate surface area is 95.7 Å². The number of ether oxygens (including phenoxy) is 1. The molecule has 1 fully saturated rings. The Balaban J connectivity index is 2.07. The lowest BCUT2D eigenvalue weighted by molar-refractivity contribution is 0.0675. The van der Waals surface area contributed by atoms with Crippen LogP contribution in [0.15, 0.2) is 29.3 Å². The first kappa shape index (κ1) is 11.0. The van der Waals surface area contributed by atoms with E-state index in [-0.39, 0.29) is 0 Å². The summed E-state index contributed by atoms with van der Waals surface area (Å²) in [6.07, 6.45) is 0. The van der Waals surface area contributed by atoms with Crippen molar-refractivity contribution in [1.82, 2.24) is 4.90 Å². The van der Waals surface area contributed by atoms with Gasteiger partial charge in [-0.15, -0.1) is 0 Å². The molecular formula is C12H17N3O. The highest BCUT2D eigenvalue weighted by molar-refractivity contribution is 5.81. The molecule has 1 aliphatic rings. The van der Waals surface area contributed by atoms with Crippen LogP contribution in [0.25, 0.3) is 0 Å². The van der Waals surface area contributed by atoms with Crippen molar-refractivity contribution >= 4 is 11.6 Å².